The van der Waals surface area contributed by atoms with Gasteiger partial charge in [-0.15, -0.1) is 0 Å². The highest BCUT2D eigenvalue weighted by Gasteiger charge is 2.12. The van der Waals surface area contributed by atoms with Crippen molar-refractivity contribution in [1.82, 2.24) is 5.32 Å². The number of carboxylic acids is 1. The Balaban J connectivity index is 2.45. The van der Waals surface area contributed by atoms with E-state index in [1.54, 1.807) is 12.1 Å². The standard InChI is InChI=1S/C14H16FNO4/c1-20-12(8-14(18)19)9-16-13(17)6-5-10-3-2-4-11(15)7-10/h2-7,12H,8-9H2,1H3,(H,16,17)(H,18,19)/b6-5+. The van der Waals surface area contributed by atoms with Gasteiger partial charge >= 0.3 is 5.97 Å². The van der Waals surface area contributed by atoms with Crippen molar-refractivity contribution >= 4 is 18.0 Å². The van der Waals surface area contributed by atoms with Crippen molar-refractivity contribution in [3.8, 4) is 0 Å². The third kappa shape index (κ3) is 6.10. The summed E-state index contributed by atoms with van der Waals surface area (Å²) in [6.45, 7) is 0.0924. The molecule has 1 amide bonds. The van der Waals surface area contributed by atoms with Gasteiger partial charge in [0.2, 0.25) is 5.91 Å². The maximum atomic E-state index is 12.9. The predicted octanol–water partition coefficient (Wildman–Crippen LogP) is 1.44. The Labute approximate surface area is 116 Å². The Bertz CT molecular complexity index is 502. The molecule has 0 aliphatic rings. The summed E-state index contributed by atoms with van der Waals surface area (Å²) in [5, 5.41) is 11.1. The van der Waals surface area contributed by atoms with E-state index in [2.05, 4.69) is 5.32 Å². The minimum Gasteiger partial charge on any atom is -0.481 e. The van der Waals surface area contributed by atoms with E-state index in [9.17, 15) is 14.0 Å². The zero-order chi connectivity index (χ0) is 15.0. The minimum atomic E-state index is -0.999. The second-order valence-corrected chi connectivity index (χ2v) is 4.09. The summed E-state index contributed by atoms with van der Waals surface area (Å²) in [5.74, 6) is -1.78. The highest BCUT2D eigenvalue weighted by molar-refractivity contribution is 5.91. The maximum absolute atomic E-state index is 12.9. The fourth-order valence-corrected chi connectivity index (χ4v) is 1.49. The van der Waals surface area contributed by atoms with Gasteiger partial charge in [0.1, 0.15) is 5.82 Å². The van der Waals surface area contributed by atoms with Crippen LogP contribution < -0.4 is 5.32 Å². The average Bonchev–Trinajstić information content (AvgIpc) is 2.40. The van der Waals surface area contributed by atoms with Crippen LogP contribution in [0.2, 0.25) is 0 Å². The molecule has 2 N–H and O–H groups in total. The van der Waals surface area contributed by atoms with Crippen LogP contribution in [0.4, 0.5) is 4.39 Å². The first-order valence-corrected chi connectivity index (χ1v) is 5.97. The summed E-state index contributed by atoms with van der Waals surface area (Å²) in [6, 6.07) is 5.81. The molecular formula is C14H16FNO4. The SMILES string of the molecule is COC(CNC(=O)/C=C/c1cccc(F)c1)CC(=O)O. The third-order valence-corrected chi connectivity index (χ3v) is 2.52. The molecule has 1 unspecified atom stereocenters. The molecule has 108 valence electrons. The summed E-state index contributed by atoms with van der Waals surface area (Å²) in [5.41, 5.74) is 0.564. The lowest BCUT2D eigenvalue weighted by Crippen LogP contribution is -2.33. The van der Waals surface area contributed by atoms with E-state index in [0.29, 0.717) is 5.56 Å². The van der Waals surface area contributed by atoms with Crippen molar-refractivity contribution in [2.45, 2.75) is 12.5 Å². The Hall–Kier alpha value is -2.21. The van der Waals surface area contributed by atoms with Gasteiger partial charge < -0.3 is 15.2 Å². The number of hydrogen-bond donors (Lipinski definition) is 2. The fraction of sp³-hybridized carbons (Fsp3) is 0.286. The predicted molar refractivity (Wildman–Crippen MR) is 71.5 cm³/mol. The number of carbonyl (C=O) groups excluding carboxylic acids is 1. The third-order valence-electron chi connectivity index (χ3n) is 2.52. The number of carboxylic acid groups (broad SMARTS) is 1. The number of nitrogens with one attached hydrogen (secondary N) is 1. The van der Waals surface area contributed by atoms with E-state index in [0.717, 1.165) is 0 Å². The number of benzene rings is 1. The molecule has 0 bridgehead atoms. The van der Waals surface area contributed by atoms with Crippen LogP contribution in [0.3, 0.4) is 0 Å². The van der Waals surface area contributed by atoms with Crippen LogP contribution in [0.1, 0.15) is 12.0 Å². The summed E-state index contributed by atoms with van der Waals surface area (Å²) >= 11 is 0. The lowest BCUT2D eigenvalue weighted by molar-refractivity contribution is -0.140. The largest absolute Gasteiger partial charge is 0.481 e. The number of halogens is 1. The Kier molecular flexibility index (Phi) is 6.39. The Morgan fingerprint density at radius 1 is 1.50 bits per heavy atom. The van der Waals surface area contributed by atoms with Crippen molar-refractivity contribution in [3.63, 3.8) is 0 Å². The molecule has 0 saturated carbocycles. The monoisotopic (exact) mass is 281 g/mol. The van der Waals surface area contributed by atoms with Crippen molar-refractivity contribution in [3.05, 3.63) is 41.7 Å². The molecule has 0 radical (unpaired) electrons. The number of hydrogen-bond acceptors (Lipinski definition) is 3. The molecule has 0 saturated heterocycles. The second-order valence-electron chi connectivity index (χ2n) is 4.09. The molecule has 1 atom stereocenters. The van der Waals surface area contributed by atoms with Gasteiger partial charge in [-0.2, -0.15) is 0 Å². The van der Waals surface area contributed by atoms with Crippen LogP contribution in [0, 0.1) is 5.82 Å². The van der Waals surface area contributed by atoms with Crippen molar-refractivity contribution in [1.29, 1.82) is 0 Å². The summed E-state index contributed by atoms with van der Waals surface area (Å²) in [7, 11) is 1.38. The maximum Gasteiger partial charge on any atom is 0.306 e. The van der Waals surface area contributed by atoms with Gasteiger partial charge in [-0.1, -0.05) is 12.1 Å². The van der Waals surface area contributed by atoms with Crippen molar-refractivity contribution in [2.24, 2.45) is 0 Å². The van der Waals surface area contributed by atoms with E-state index >= 15 is 0 Å². The number of amides is 1. The minimum absolute atomic E-state index is 0.0924. The van der Waals surface area contributed by atoms with E-state index in [-0.39, 0.29) is 18.8 Å². The first-order chi connectivity index (χ1) is 9.51. The van der Waals surface area contributed by atoms with Crippen LogP contribution in [0.5, 0.6) is 0 Å². The molecule has 1 aromatic carbocycles. The molecule has 1 rings (SSSR count). The van der Waals surface area contributed by atoms with Crippen LogP contribution in [-0.2, 0) is 14.3 Å². The summed E-state index contributed by atoms with van der Waals surface area (Å²) in [4.78, 5) is 22.0. The zero-order valence-corrected chi connectivity index (χ0v) is 11.0. The molecule has 1 aromatic rings. The van der Waals surface area contributed by atoms with E-state index in [1.807, 2.05) is 0 Å². The van der Waals surface area contributed by atoms with Gasteiger partial charge in [0.15, 0.2) is 0 Å². The first kappa shape index (κ1) is 15.8. The van der Waals surface area contributed by atoms with Crippen LogP contribution >= 0.6 is 0 Å². The van der Waals surface area contributed by atoms with Gasteiger partial charge in [-0.05, 0) is 23.8 Å². The quantitative estimate of drug-likeness (QED) is 0.742. The highest BCUT2D eigenvalue weighted by Crippen LogP contribution is 2.05. The molecule has 20 heavy (non-hydrogen) atoms. The average molecular weight is 281 g/mol. The number of carbonyl (C=O) groups is 2. The van der Waals surface area contributed by atoms with Crippen LogP contribution in [-0.4, -0.2) is 36.7 Å². The molecule has 0 heterocycles. The van der Waals surface area contributed by atoms with Gasteiger partial charge in [0.05, 0.1) is 12.5 Å². The summed E-state index contributed by atoms with van der Waals surface area (Å²) < 4.78 is 17.8. The fourth-order valence-electron chi connectivity index (χ4n) is 1.49. The van der Waals surface area contributed by atoms with E-state index in [1.165, 1.54) is 31.4 Å². The lowest BCUT2D eigenvalue weighted by Gasteiger charge is -2.12. The first-order valence-electron chi connectivity index (χ1n) is 5.97. The van der Waals surface area contributed by atoms with E-state index in [4.69, 9.17) is 9.84 Å². The molecule has 6 heteroatoms. The molecule has 0 spiro atoms. The van der Waals surface area contributed by atoms with Crippen molar-refractivity contribution in [2.75, 3.05) is 13.7 Å². The van der Waals surface area contributed by atoms with Gasteiger partial charge in [-0.3, -0.25) is 9.59 Å². The number of aliphatic carboxylic acids is 1. The molecule has 0 aliphatic heterocycles. The molecule has 5 nitrogen and oxygen atoms in total. The molecule has 0 aliphatic carbocycles. The Morgan fingerprint density at radius 3 is 2.85 bits per heavy atom. The van der Waals surface area contributed by atoms with Gasteiger partial charge in [0, 0.05) is 19.7 Å². The molecular weight excluding hydrogens is 265 g/mol. The van der Waals surface area contributed by atoms with Crippen molar-refractivity contribution < 1.29 is 23.8 Å². The number of methoxy groups -OCH3 is 1. The number of rotatable bonds is 7. The molecule has 0 aromatic heterocycles. The van der Waals surface area contributed by atoms with Gasteiger partial charge in [-0.25, -0.2) is 4.39 Å². The zero-order valence-electron chi connectivity index (χ0n) is 11.0. The second kappa shape index (κ2) is 8.06. The van der Waals surface area contributed by atoms with E-state index < -0.39 is 18.0 Å². The molecule has 0 fully saturated rings. The highest BCUT2D eigenvalue weighted by atomic mass is 19.1. The topological polar surface area (TPSA) is 75.6 Å². The summed E-state index contributed by atoms with van der Waals surface area (Å²) in [6.07, 6.45) is 1.95. The Morgan fingerprint density at radius 2 is 2.25 bits per heavy atom. The van der Waals surface area contributed by atoms with Crippen LogP contribution in [0.25, 0.3) is 6.08 Å². The smallest absolute Gasteiger partial charge is 0.306 e. The van der Waals surface area contributed by atoms with Crippen LogP contribution in [0.15, 0.2) is 30.3 Å². The normalized spacial score (nSPS) is 12.3. The van der Waals surface area contributed by atoms with Gasteiger partial charge in [0.25, 0.3) is 0 Å². The number of ether oxygens (including phenoxy) is 1. The lowest BCUT2D eigenvalue weighted by atomic mass is 10.2.